The summed E-state index contributed by atoms with van der Waals surface area (Å²) in [5.74, 6) is -0.420. The molecular weight excluding hydrogens is 268 g/mol. The van der Waals surface area contributed by atoms with Gasteiger partial charge in [-0.1, -0.05) is 0 Å². The van der Waals surface area contributed by atoms with Crippen LogP contribution in [-0.2, 0) is 19.6 Å². The van der Waals surface area contributed by atoms with Crippen LogP contribution in [0.25, 0.3) is 0 Å². The van der Waals surface area contributed by atoms with E-state index in [2.05, 4.69) is 28.2 Å². The number of hydrogen-bond acceptors (Lipinski definition) is 5. The van der Waals surface area contributed by atoms with E-state index in [-0.39, 0.29) is 24.6 Å². The van der Waals surface area contributed by atoms with Crippen molar-refractivity contribution in [2.24, 2.45) is 0 Å². The zero-order valence-corrected chi connectivity index (χ0v) is 13.1. The molecule has 0 spiro atoms. The van der Waals surface area contributed by atoms with Gasteiger partial charge in [-0.2, -0.15) is 0 Å². The zero-order valence-electron chi connectivity index (χ0n) is 12.3. The van der Waals surface area contributed by atoms with Crippen molar-refractivity contribution in [3.8, 4) is 0 Å². The summed E-state index contributed by atoms with van der Waals surface area (Å²) < 4.78 is 30.2. The van der Waals surface area contributed by atoms with Gasteiger partial charge >= 0.3 is 5.97 Å². The van der Waals surface area contributed by atoms with Gasteiger partial charge in [-0.15, -0.1) is 0 Å². The fraction of sp³-hybridized carbons (Fsp3) is 0.917. The molecule has 0 saturated heterocycles. The van der Waals surface area contributed by atoms with Crippen LogP contribution in [-0.4, -0.2) is 58.3 Å². The molecule has 0 unspecified atom stereocenters. The third-order valence-corrected chi connectivity index (χ3v) is 4.38. The number of nitrogens with zero attached hydrogens (tertiary/aromatic N) is 1. The highest BCUT2D eigenvalue weighted by atomic mass is 32.2. The van der Waals surface area contributed by atoms with Gasteiger partial charge in [0.25, 0.3) is 0 Å². The predicted molar refractivity (Wildman–Crippen MR) is 75.4 cm³/mol. The standard InChI is InChI=1S/C12H26N2O4S/c1-11(2)14(3)9-6-8-13-19(16,17)10-5-7-12(15)18-4/h11,13H,5-10H2,1-4H3. The molecule has 7 heteroatoms. The van der Waals surface area contributed by atoms with E-state index >= 15 is 0 Å². The van der Waals surface area contributed by atoms with Crippen molar-refractivity contribution in [1.29, 1.82) is 0 Å². The molecule has 0 bridgehead atoms. The molecular formula is C12H26N2O4S. The van der Waals surface area contributed by atoms with Crippen LogP contribution in [0.5, 0.6) is 0 Å². The molecule has 0 aromatic rings. The number of methoxy groups -OCH3 is 1. The molecule has 114 valence electrons. The van der Waals surface area contributed by atoms with Crippen molar-refractivity contribution >= 4 is 16.0 Å². The van der Waals surface area contributed by atoms with E-state index in [0.717, 1.165) is 13.0 Å². The van der Waals surface area contributed by atoms with Crippen molar-refractivity contribution in [2.75, 3.05) is 33.0 Å². The molecule has 0 heterocycles. The molecule has 0 amide bonds. The SMILES string of the molecule is COC(=O)CCCS(=O)(=O)NCCCN(C)C(C)C. The molecule has 0 fully saturated rings. The largest absolute Gasteiger partial charge is 0.469 e. The second kappa shape index (κ2) is 9.28. The molecule has 0 aliphatic carbocycles. The minimum Gasteiger partial charge on any atom is -0.469 e. The number of carbonyl (C=O) groups excluding carboxylic acids is 1. The van der Waals surface area contributed by atoms with Crippen LogP contribution in [0.15, 0.2) is 0 Å². The Kier molecular flexibility index (Phi) is 8.95. The van der Waals surface area contributed by atoms with Crippen LogP contribution in [0.3, 0.4) is 0 Å². The highest BCUT2D eigenvalue weighted by Gasteiger charge is 2.11. The third-order valence-electron chi connectivity index (χ3n) is 2.91. The molecule has 0 radical (unpaired) electrons. The number of rotatable bonds is 10. The first-order valence-corrected chi connectivity index (χ1v) is 8.18. The van der Waals surface area contributed by atoms with Gasteiger partial charge in [-0.3, -0.25) is 4.79 Å². The van der Waals surface area contributed by atoms with Crippen molar-refractivity contribution in [1.82, 2.24) is 9.62 Å². The minimum absolute atomic E-state index is 0.0396. The van der Waals surface area contributed by atoms with Gasteiger partial charge in [-0.25, -0.2) is 13.1 Å². The molecule has 0 saturated carbocycles. The van der Waals surface area contributed by atoms with E-state index in [4.69, 9.17) is 0 Å². The summed E-state index contributed by atoms with van der Waals surface area (Å²) in [5, 5.41) is 0. The molecule has 19 heavy (non-hydrogen) atoms. The molecule has 0 atom stereocenters. The Morgan fingerprint density at radius 2 is 1.95 bits per heavy atom. The number of nitrogens with one attached hydrogen (secondary N) is 1. The molecule has 0 aromatic carbocycles. The second-order valence-electron chi connectivity index (χ2n) is 4.82. The van der Waals surface area contributed by atoms with Crippen LogP contribution >= 0.6 is 0 Å². The average Bonchev–Trinajstić information content (AvgIpc) is 2.33. The highest BCUT2D eigenvalue weighted by molar-refractivity contribution is 7.89. The normalized spacial score (nSPS) is 12.1. The highest BCUT2D eigenvalue weighted by Crippen LogP contribution is 1.98. The molecule has 0 aliphatic rings. The van der Waals surface area contributed by atoms with Gasteiger partial charge in [0, 0.05) is 19.0 Å². The summed E-state index contributed by atoms with van der Waals surface area (Å²) in [5.41, 5.74) is 0. The lowest BCUT2D eigenvalue weighted by Gasteiger charge is -2.20. The predicted octanol–water partition coefficient (Wildman–Crippen LogP) is 0.589. The van der Waals surface area contributed by atoms with Gasteiger partial charge in [0.1, 0.15) is 0 Å². The van der Waals surface area contributed by atoms with Gasteiger partial charge in [0.05, 0.1) is 12.9 Å². The van der Waals surface area contributed by atoms with Crippen LogP contribution in [0, 0.1) is 0 Å². The van der Waals surface area contributed by atoms with E-state index < -0.39 is 10.0 Å². The van der Waals surface area contributed by atoms with E-state index in [1.165, 1.54) is 7.11 Å². The first-order valence-electron chi connectivity index (χ1n) is 6.53. The lowest BCUT2D eigenvalue weighted by atomic mass is 10.3. The maximum atomic E-state index is 11.6. The number of ether oxygens (including phenoxy) is 1. The minimum atomic E-state index is -3.28. The number of carbonyl (C=O) groups is 1. The van der Waals surface area contributed by atoms with Crippen molar-refractivity contribution in [3.05, 3.63) is 0 Å². The first kappa shape index (κ1) is 18.3. The van der Waals surface area contributed by atoms with E-state index in [1.54, 1.807) is 0 Å². The Morgan fingerprint density at radius 1 is 1.32 bits per heavy atom. The van der Waals surface area contributed by atoms with Crippen LogP contribution in [0.4, 0.5) is 0 Å². The Balaban J connectivity index is 3.77. The molecule has 0 aliphatic heterocycles. The summed E-state index contributed by atoms with van der Waals surface area (Å²) in [6, 6.07) is 0.455. The summed E-state index contributed by atoms with van der Waals surface area (Å²) in [6.07, 6.45) is 1.19. The quantitative estimate of drug-likeness (QED) is 0.471. The summed E-state index contributed by atoms with van der Waals surface area (Å²) in [7, 11) is 0.0215. The molecule has 6 nitrogen and oxygen atoms in total. The summed E-state index contributed by atoms with van der Waals surface area (Å²) in [6.45, 7) is 5.47. The second-order valence-corrected chi connectivity index (χ2v) is 6.75. The van der Waals surface area contributed by atoms with Gasteiger partial charge < -0.3 is 9.64 Å². The van der Waals surface area contributed by atoms with Crippen molar-refractivity contribution < 1.29 is 17.9 Å². The van der Waals surface area contributed by atoms with Crippen LogP contribution < -0.4 is 4.72 Å². The van der Waals surface area contributed by atoms with Gasteiger partial charge in [0.2, 0.25) is 10.0 Å². The summed E-state index contributed by atoms with van der Waals surface area (Å²) in [4.78, 5) is 13.0. The Bertz CT molecular complexity index is 355. The van der Waals surface area contributed by atoms with Crippen LogP contribution in [0.2, 0.25) is 0 Å². The van der Waals surface area contributed by atoms with Gasteiger partial charge in [0.15, 0.2) is 0 Å². The maximum Gasteiger partial charge on any atom is 0.305 e. The zero-order chi connectivity index (χ0) is 14.9. The van der Waals surface area contributed by atoms with E-state index in [9.17, 15) is 13.2 Å². The smallest absolute Gasteiger partial charge is 0.305 e. The van der Waals surface area contributed by atoms with Crippen molar-refractivity contribution in [2.45, 2.75) is 39.2 Å². The number of hydrogen-bond donors (Lipinski definition) is 1. The van der Waals surface area contributed by atoms with Crippen molar-refractivity contribution in [3.63, 3.8) is 0 Å². The van der Waals surface area contributed by atoms with E-state index in [1.807, 2.05) is 7.05 Å². The molecule has 0 aromatic heterocycles. The molecule has 0 rings (SSSR count). The Labute approximate surface area is 116 Å². The topological polar surface area (TPSA) is 75.7 Å². The first-order chi connectivity index (χ1) is 8.78. The Morgan fingerprint density at radius 3 is 2.47 bits per heavy atom. The maximum absolute atomic E-state index is 11.6. The lowest BCUT2D eigenvalue weighted by molar-refractivity contribution is -0.140. The number of sulfonamides is 1. The van der Waals surface area contributed by atoms with E-state index in [0.29, 0.717) is 12.6 Å². The average molecular weight is 294 g/mol. The summed E-state index contributed by atoms with van der Waals surface area (Å²) >= 11 is 0. The van der Waals surface area contributed by atoms with Gasteiger partial charge in [-0.05, 0) is 40.3 Å². The molecule has 1 N–H and O–H groups in total. The fourth-order valence-corrected chi connectivity index (χ4v) is 2.52. The van der Waals surface area contributed by atoms with Crippen LogP contribution in [0.1, 0.15) is 33.1 Å². The lowest BCUT2D eigenvalue weighted by Crippen LogP contribution is -2.32. The fourth-order valence-electron chi connectivity index (χ4n) is 1.40. The number of esters is 1. The third kappa shape index (κ3) is 9.86. The Hall–Kier alpha value is -0.660. The monoisotopic (exact) mass is 294 g/mol.